The van der Waals surface area contributed by atoms with Gasteiger partial charge >= 0.3 is 6.03 Å². The van der Waals surface area contributed by atoms with Gasteiger partial charge in [0.15, 0.2) is 0 Å². The molecule has 1 unspecified atom stereocenters. The molecule has 2 amide bonds. The Balaban J connectivity index is 1.84. The average Bonchev–Trinajstić information content (AvgIpc) is 2.45. The van der Waals surface area contributed by atoms with Gasteiger partial charge in [0.25, 0.3) is 0 Å². The van der Waals surface area contributed by atoms with Gasteiger partial charge in [0.1, 0.15) is 5.82 Å². The summed E-state index contributed by atoms with van der Waals surface area (Å²) in [4.78, 5) is 15.7. The number of urea groups is 1. The van der Waals surface area contributed by atoms with E-state index in [9.17, 15) is 14.3 Å². The van der Waals surface area contributed by atoms with Gasteiger partial charge in [0.2, 0.25) is 0 Å². The van der Waals surface area contributed by atoms with Crippen LogP contribution in [-0.2, 0) is 0 Å². The molecule has 0 saturated carbocycles. The molecule has 1 atom stereocenters. The molecule has 1 aromatic heterocycles. The molecule has 0 fully saturated rings. The van der Waals surface area contributed by atoms with Gasteiger partial charge in [-0.25, -0.2) is 9.18 Å². The van der Waals surface area contributed by atoms with Crippen LogP contribution in [0.15, 0.2) is 42.6 Å². The smallest absolute Gasteiger partial charge is 0.319 e. The van der Waals surface area contributed by atoms with E-state index in [2.05, 4.69) is 15.6 Å². The van der Waals surface area contributed by atoms with Crippen LogP contribution in [0.3, 0.4) is 0 Å². The molecule has 1 aromatic carbocycles. The highest BCUT2D eigenvalue weighted by atomic mass is 19.1. The van der Waals surface area contributed by atoms with E-state index >= 15 is 0 Å². The first-order valence-corrected chi connectivity index (χ1v) is 6.45. The summed E-state index contributed by atoms with van der Waals surface area (Å²) >= 11 is 0. The number of anilines is 1. The van der Waals surface area contributed by atoms with E-state index in [0.29, 0.717) is 11.3 Å². The van der Waals surface area contributed by atoms with Crippen LogP contribution in [0.5, 0.6) is 0 Å². The van der Waals surface area contributed by atoms with E-state index in [4.69, 9.17) is 0 Å². The normalized spacial score (nSPS) is 11.8. The van der Waals surface area contributed by atoms with Gasteiger partial charge in [-0.1, -0.05) is 12.1 Å². The molecule has 0 bridgehead atoms. The Morgan fingerprint density at radius 3 is 2.71 bits per heavy atom. The lowest BCUT2D eigenvalue weighted by Crippen LogP contribution is -2.32. The SMILES string of the molecule is Cc1cc(NC(=O)NCC(O)c2ccc(F)cc2)ccn1. The van der Waals surface area contributed by atoms with Gasteiger partial charge < -0.3 is 15.7 Å². The number of halogens is 1. The molecular formula is C15H16FN3O2. The predicted molar refractivity (Wildman–Crippen MR) is 77.4 cm³/mol. The molecule has 1 heterocycles. The number of aromatic nitrogens is 1. The Morgan fingerprint density at radius 2 is 2.05 bits per heavy atom. The van der Waals surface area contributed by atoms with Crippen LogP contribution < -0.4 is 10.6 Å². The van der Waals surface area contributed by atoms with Gasteiger partial charge in [-0.2, -0.15) is 0 Å². The highest BCUT2D eigenvalue weighted by Crippen LogP contribution is 2.12. The summed E-state index contributed by atoms with van der Waals surface area (Å²) in [6, 6.07) is 8.45. The van der Waals surface area contributed by atoms with Crippen molar-refractivity contribution in [2.24, 2.45) is 0 Å². The number of carbonyl (C=O) groups is 1. The lowest BCUT2D eigenvalue weighted by molar-refractivity contribution is 0.175. The fourth-order valence-electron chi connectivity index (χ4n) is 1.79. The first kappa shape index (κ1) is 14.9. The number of hydrogen-bond donors (Lipinski definition) is 3. The standard InChI is InChI=1S/C15H16FN3O2/c1-10-8-13(6-7-17-10)19-15(21)18-9-14(20)11-2-4-12(16)5-3-11/h2-8,14,20H,9H2,1H3,(H2,17,18,19,21). The maximum absolute atomic E-state index is 12.8. The summed E-state index contributed by atoms with van der Waals surface area (Å²) in [5.41, 5.74) is 1.95. The Bertz CT molecular complexity index is 617. The zero-order chi connectivity index (χ0) is 15.2. The minimum absolute atomic E-state index is 0.0293. The van der Waals surface area contributed by atoms with Gasteiger partial charge in [0.05, 0.1) is 6.10 Å². The van der Waals surface area contributed by atoms with Gasteiger partial charge in [-0.05, 0) is 36.8 Å². The van der Waals surface area contributed by atoms with E-state index in [1.807, 2.05) is 6.92 Å². The van der Waals surface area contributed by atoms with Crippen LogP contribution in [0.25, 0.3) is 0 Å². The van der Waals surface area contributed by atoms with Gasteiger partial charge in [-0.15, -0.1) is 0 Å². The number of carbonyl (C=O) groups excluding carboxylic acids is 1. The van der Waals surface area contributed by atoms with Crippen LogP contribution in [0, 0.1) is 12.7 Å². The number of hydrogen-bond acceptors (Lipinski definition) is 3. The van der Waals surface area contributed by atoms with E-state index in [0.717, 1.165) is 5.69 Å². The van der Waals surface area contributed by atoms with E-state index < -0.39 is 12.1 Å². The number of nitrogens with one attached hydrogen (secondary N) is 2. The van der Waals surface area contributed by atoms with Crippen molar-refractivity contribution in [3.8, 4) is 0 Å². The topological polar surface area (TPSA) is 74.2 Å². The molecule has 0 saturated heterocycles. The monoisotopic (exact) mass is 289 g/mol. The minimum atomic E-state index is -0.893. The molecule has 5 nitrogen and oxygen atoms in total. The summed E-state index contributed by atoms with van der Waals surface area (Å²) in [5.74, 6) is -0.371. The highest BCUT2D eigenvalue weighted by molar-refractivity contribution is 5.89. The van der Waals surface area contributed by atoms with E-state index in [1.165, 1.54) is 24.3 Å². The second-order valence-electron chi connectivity index (χ2n) is 4.59. The number of benzene rings is 1. The van der Waals surface area contributed by atoms with Crippen LogP contribution in [0.2, 0.25) is 0 Å². The van der Waals surface area contributed by atoms with Crippen molar-refractivity contribution in [3.63, 3.8) is 0 Å². The molecule has 0 spiro atoms. The molecule has 0 aliphatic rings. The van der Waals surface area contributed by atoms with Crippen molar-refractivity contribution < 1.29 is 14.3 Å². The number of rotatable bonds is 4. The number of aryl methyl sites for hydroxylation is 1. The maximum atomic E-state index is 12.8. The fourth-order valence-corrected chi connectivity index (χ4v) is 1.79. The minimum Gasteiger partial charge on any atom is -0.387 e. The number of pyridine rings is 1. The lowest BCUT2D eigenvalue weighted by atomic mass is 10.1. The van der Waals surface area contributed by atoms with Crippen molar-refractivity contribution in [2.75, 3.05) is 11.9 Å². The zero-order valence-electron chi connectivity index (χ0n) is 11.5. The third-order valence-electron chi connectivity index (χ3n) is 2.87. The largest absolute Gasteiger partial charge is 0.387 e. The maximum Gasteiger partial charge on any atom is 0.319 e. The molecule has 6 heteroatoms. The highest BCUT2D eigenvalue weighted by Gasteiger charge is 2.09. The molecule has 0 aliphatic carbocycles. The summed E-state index contributed by atoms with van der Waals surface area (Å²) in [6.07, 6.45) is 0.703. The van der Waals surface area contributed by atoms with Crippen molar-refractivity contribution in [3.05, 3.63) is 59.7 Å². The molecule has 2 rings (SSSR count). The second-order valence-corrected chi connectivity index (χ2v) is 4.59. The first-order valence-electron chi connectivity index (χ1n) is 6.45. The van der Waals surface area contributed by atoms with Gasteiger partial charge in [-0.3, -0.25) is 4.98 Å². The zero-order valence-corrected chi connectivity index (χ0v) is 11.5. The number of aliphatic hydroxyl groups is 1. The second kappa shape index (κ2) is 6.81. The molecule has 21 heavy (non-hydrogen) atoms. The summed E-state index contributed by atoms with van der Waals surface area (Å²) in [6.45, 7) is 1.85. The Kier molecular flexibility index (Phi) is 4.84. The molecular weight excluding hydrogens is 273 g/mol. The Labute approximate surface area is 121 Å². The van der Waals surface area contributed by atoms with Crippen molar-refractivity contribution in [1.82, 2.24) is 10.3 Å². The number of aliphatic hydroxyl groups excluding tert-OH is 1. The third kappa shape index (κ3) is 4.54. The molecule has 0 aliphatic heterocycles. The van der Waals surface area contributed by atoms with Crippen molar-refractivity contribution in [2.45, 2.75) is 13.0 Å². The first-order chi connectivity index (χ1) is 10.0. The third-order valence-corrected chi connectivity index (χ3v) is 2.87. The van der Waals surface area contributed by atoms with Crippen LogP contribution >= 0.6 is 0 Å². The van der Waals surface area contributed by atoms with Crippen LogP contribution in [0.4, 0.5) is 14.9 Å². The van der Waals surface area contributed by atoms with Gasteiger partial charge in [0, 0.05) is 24.1 Å². The average molecular weight is 289 g/mol. The predicted octanol–water partition coefficient (Wildman–Crippen LogP) is 2.38. The Hall–Kier alpha value is -2.47. The van der Waals surface area contributed by atoms with Crippen LogP contribution in [-0.4, -0.2) is 22.7 Å². The summed E-state index contributed by atoms with van der Waals surface area (Å²) in [7, 11) is 0. The van der Waals surface area contributed by atoms with Crippen molar-refractivity contribution >= 4 is 11.7 Å². The molecule has 110 valence electrons. The lowest BCUT2D eigenvalue weighted by Gasteiger charge is -2.13. The molecule has 3 N–H and O–H groups in total. The Morgan fingerprint density at radius 1 is 1.33 bits per heavy atom. The van der Waals surface area contributed by atoms with E-state index in [1.54, 1.807) is 18.3 Å². The summed E-state index contributed by atoms with van der Waals surface area (Å²) < 4.78 is 12.8. The molecule has 2 aromatic rings. The van der Waals surface area contributed by atoms with Crippen LogP contribution in [0.1, 0.15) is 17.4 Å². The fraction of sp³-hybridized carbons (Fsp3) is 0.200. The number of amides is 2. The quantitative estimate of drug-likeness (QED) is 0.809. The number of nitrogens with zero attached hydrogens (tertiary/aromatic N) is 1. The molecule has 0 radical (unpaired) electrons. The van der Waals surface area contributed by atoms with Crippen molar-refractivity contribution in [1.29, 1.82) is 0 Å². The van der Waals surface area contributed by atoms with E-state index in [-0.39, 0.29) is 12.4 Å². The summed E-state index contributed by atoms with van der Waals surface area (Å²) in [5, 5.41) is 15.1.